The minimum absolute atomic E-state index is 0.598. The van der Waals surface area contributed by atoms with Crippen LogP contribution in [0.3, 0.4) is 0 Å². The second-order valence-corrected chi connectivity index (χ2v) is 4.86. The van der Waals surface area contributed by atoms with Crippen molar-refractivity contribution in [2.45, 2.75) is 13.8 Å². The molecule has 18 heavy (non-hydrogen) atoms. The molecular formula is C13H13N3OS. The summed E-state index contributed by atoms with van der Waals surface area (Å²) in [7, 11) is 1.66. The number of aromatic nitrogens is 1. The molecule has 0 spiro atoms. The van der Waals surface area contributed by atoms with Crippen LogP contribution in [-0.2, 0) is 0 Å². The van der Waals surface area contributed by atoms with Crippen molar-refractivity contribution in [3.8, 4) is 11.8 Å². The number of nitrogens with zero attached hydrogens (tertiary/aromatic N) is 2. The van der Waals surface area contributed by atoms with Crippen LogP contribution in [0, 0.1) is 25.2 Å². The summed E-state index contributed by atoms with van der Waals surface area (Å²) in [6.45, 7) is 4.04. The van der Waals surface area contributed by atoms with Crippen LogP contribution >= 0.6 is 11.3 Å². The first kappa shape index (κ1) is 12.4. The monoisotopic (exact) mass is 259 g/mol. The molecule has 2 aromatic rings. The molecule has 5 heteroatoms. The number of benzene rings is 1. The summed E-state index contributed by atoms with van der Waals surface area (Å²) in [5, 5.41) is 12.7. The van der Waals surface area contributed by atoms with Gasteiger partial charge in [0.05, 0.1) is 13.3 Å². The van der Waals surface area contributed by atoms with Gasteiger partial charge in [0, 0.05) is 5.69 Å². The van der Waals surface area contributed by atoms with Crippen LogP contribution in [0.25, 0.3) is 0 Å². The van der Waals surface area contributed by atoms with Gasteiger partial charge in [-0.05, 0) is 37.1 Å². The van der Waals surface area contributed by atoms with Crippen molar-refractivity contribution < 1.29 is 4.74 Å². The summed E-state index contributed by atoms with van der Waals surface area (Å²) in [6.07, 6.45) is 1.57. The van der Waals surface area contributed by atoms with Crippen LogP contribution in [0.4, 0.5) is 10.8 Å². The van der Waals surface area contributed by atoms with Gasteiger partial charge < -0.3 is 10.1 Å². The third kappa shape index (κ3) is 2.29. The summed E-state index contributed by atoms with van der Waals surface area (Å²) < 4.78 is 5.27. The molecule has 92 valence electrons. The number of thiazole rings is 1. The highest BCUT2D eigenvalue weighted by molar-refractivity contribution is 7.16. The quantitative estimate of drug-likeness (QED) is 0.918. The Balaban J connectivity index is 2.30. The Morgan fingerprint density at radius 1 is 1.33 bits per heavy atom. The fourth-order valence-electron chi connectivity index (χ4n) is 1.65. The lowest BCUT2D eigenvalue weighted by atomic mass is 10.1. The lowest BCUT2D eigenvalue weighted by Crippen LogP contribution is -1.96. The number of hydrogen-bond donors (Lipinski definition) is 1. The number of ether oxygens (including phenoxy) is 1. The zero-order chi connectivity index (χ0) is 13.1. The molecule has 0 unspecified atom stereocenters. The predicted molar refractivity (Wildman–Crippen MR) is 72.6 cm³/mol. The first-order valence-corrected chi connectivity index (χ1v) is 6.24. The van der Waals surface area contributed by atoms with Gasteiger partial charge in [0.1, 0.15) is 16.7 Å². The Bertz CT molecular complexity index is 613. The first-order valence-electron chi connectivity index (χ1n) is 5.43. The molecule has 0 atom stereocenters. The molecule has 1 aromatic heterocycles. The molecule has 0 aliphatic heterocycles. The van der Waals surface area contributed by atoms with Crippen LogP contribution < -0.4 is 10.1 Å². The van der Waals surface area contributed by atoms with E-state index in [0.29, 0.717) is 4.88 Å². The summed E-state index contributed by atoms with van der Waals surface area (Å²) in [5.74, 6) is 0.870. The smallest absolute Gasteiger partial charge is 0.188 e. The van der Waals surface area contributed by atoms with Gasteiger partial charge >= 0.3 is 0 Å². The van der Waals surface area contributed by atoms with Gasteiger partial charge in [-0.3, -0.25) is 0 Å². The molecule has 0 aliphatic carbocycles. The number of anilines is 2. The number of hydrogen-bond acceptors (Lipinski definition) is 5. The maximum atomic E-state index is 8.76. The highest BCUT2D eigenvalue weighted by Gasteiger charge is 2.08. The average Bonchev–Trinajstić information content (AvgIpc) is 2.83. The summed E-state index contributed by atoms with van der Waals surface area (Å²) in [4.78, 5) is 4.75. The molecule has 4 nitrogen and oxygen atoms in total. The molecular weight excluding hydrogens is 246 g/mol. The van der Waals surface area contributed by atoms with E-state index in [9.17, 15) is 0 Å². The lowest BCUT2D eigenvalue weighted by molar-refractivity contribution is 0.411. The highest BCUT2D eigenvalue weighted by atomic mass is 32.1. The number of nitriles is 1. The molecule has 1 heterocycles. The van der Waals surface area contributed by atoms with Crippen LogP contribution in [0.15, 0.2) is 18.3 Å². The van der Waals surface area contributed by atoms with E-state index in [1.165, 1.54) is 11.3 Å². The molecule has 0 fully saturated rings. The van der Waals surface area contributed by atoms with Gasteiger partial charge in [0.2, 0.25) is 0 Å². The van der Waals surface area contributed by atoms with Crippen molar-refractivity contribution in [1.29, 1.82) is 5.26 Å². The molecule has 0 saturated carbocycles. The summed E-state index contributed by atoms with van der Waals surface area (Å²) in [5.41, 5.74) is 3.19. The number of nitrogens with one attached hydrogen (secondary N) is 1. The normalized spacial score (nSPS) is 9.89. The molecule has 1 aromatic carbocycles. The van der Waals surface area contributed by atoms with Crippen molar-refractivity contribution in [1.82, 2.24) is 4.98 Å². The second-order valence-electron chi connectivity index (χ2n) is 3.83. The highest BCUT2D eigenvalue weighted by Crippen LogP contribution is 2.30. The fraction of sp³-hybridized carbons (Fsp3) is 0.231. The van der Waals surface area contributed by atoms with E-state index in [4.69, 9.17) is 10.00 Å². The maximum absolute atomic E-state index is 8.76. The summed E-state index contributed by atoms with van der Waals surface area (Å²) in [6, 6.07) is 5.95. The molecule has 0 aliphatic rings. The van der Waals surface area contributed by atoms with E-state index < -0.39 is 0 Å². The van der Waals surface area contributed by atoms with E-state index in [-0.39, 0.29) is 0 Å². The van der Waals surface area contributed by atoms with Crippen LogP contribution in [0.5, 0.6) is 5.75 Å². The van der Waals surface area contributed by atoms with E-state index in [2.05, 4.69) is 16.4 Å². The van der Waals surface area contributed by atoms with Crippen molar-refractivity contribution >= 4 is 22.2 Å². The Hall–Kier alpha value is -2.06. The van der Waals surface area contributed by atoms with Crippen molar-refractivity contribution in [2.75, 3.05) is 12.4 Å². The van der Waals surface area contributed by atoms with Crippen molar-refractivity contribution in [3.63, 3.8) is 0 Å². The predicted octanol–water partition coefficient (Wildman–Crippen LogP) is 3.38. The third-order valence-corrected chi connectivity index (χ3v) is 3.63. The molecule has 0 bridgehead atoms. The number of rotatable bonds is 3. The van der Waals surface area contributed by atoms with Gasteiger partial charge in [0.25, 0.3) is 0 Å². The topological polar surface area (TPSA) is 57.9 Å². The van der Waals surface area contributed by atoms with Crippen molar-refractivity contribution in [3.05, 3.63) is 34.3 Å². The molecule has 0 radical (unpaired) electrons. The lowest BCUT2D eigenvalue weighted by Gasteiger charge is -2.12. The first-order chi connectivity index (χ1) is 8.65. The minimum Gasteiger partial charge on any atom is -0.496 e. The molecule has 1 N–H and O–H groups in total. The Morgan fingerprint density at radius 3 is 2.72 bits per heavy atom. The largest absolute Gasteiger partial charge is 0.496 e. The van der Waals surface area contributed by atoms with Gasteiger partial charge in [0.15, 0.2) is 5.13 Å². The Kier molecular flexibility index (Phi) is 3.49. The van der Waals surface area contributed by atoms with Crippen LogP contribution in [0.2, 0.25) is 0 Å². The van der Waals surface area contributed by atoms with E-state index in [1.807, 2.05) is 26.0 Å². The average molecular weight is 259 g/mol. The van der Waals surface area contributed by atoms with Gasteiger partial charge in [-0.2, -0.15) is 5.26 Å². The molecule has 0 saturated heterocycles. The van der Waals surface area contributed by atoms with E-state index >= 15 is 0 Å². The van der Waals surface area contributed by atoms with Crippen LogP contribution in [0.1, 0.15) is 16.0 Å². The minimum atomic E-state index is 0.598. The van der Waals surface area contributed by atoms with Gasteiger partial charge in [-0.1, -0.05) is 11.3 Å². The standard InChI is InChI=1S/C13H13N3OS/c1-8-9(2)12(17-3)5-4-11(8)16-13-15-7-10(6-14)18-13/h4-5,7H,1-3H3,(H,15,16). The zero-order valence-electron chi connectivity index (χ0n) is 10.4. The summed E-state index contributed by atoms with van der Waals surface area (Å²) >= 11 is 1.34. The molecule has 0 amide bonds. The maximum Gasteiger partial charge on any atom is 0.188 e. The number of methoxy groups -OCH3 is 1. The van der Waals surface area contributed by atoms with E-state index in [1.54, 1.807) is 13.3 Å². The van der Waals surface area contributed by atoms with Crippen LogP contribution in [-0.4, -0.2) is 12.1 Å². The van der Waals surface area contributed by atoms with Gasteiger partial charge in [-0.25, -0.2) is 4.98 Å². The van der Waals surface area contributed by atoms with Gasteiger partial charge in [-0.15, -0.1) is 0 Å². The van der Waals surface area contributed by atoms with Crippen molar-refractivity contribution in [2.24, 2.45) is 0 Å². The molecule has 2 rings (SSSR count). The van der Waals surface area contributed by atoms with E-state index in [0.717, 1.165) is 27.7 Å². The second kappa shape index (κ2) is 5.07. The SMILES string of the molecule is COc1ccc(Nc2ncc(C#N)s2)c(C)c1C. The zero-order valence-corrected chi connectivity index (χ0v) is 11.3. The third-order valence-electron chi connectivity index (χ3n) is 2.81. The fourth-order valence-corrected chi connectivity index (χ4v) is 2.28. The Labute approximate surface area is 110 Å². The Morgan fingerprint density at radius 2 is 2.11 bits per heavy atom.